The minimum absolute atomic E-state index is 0.00125. The number of imidazole rings is 1. The highest BCUT2D eigenvalue weighted by molar-refractivity contribution is 5.74. The average molecular weight is 252 g/mol. The van der Waals surface area contributed by atoms with Crippen LogP contribution in [0.25, 0.3) is 0 Å². The fraction of sp³-hybridized carbons (Fsp3) is 0.667. The van der Waals surface area contributed by atoms with Gasteiger partial charge in [0.15, 0.2) is 0 Å². The van der Waals surface area contributed by atoms with Crippen molar-refractivity contribution in [2.45, 2.75) is 31.8 Å². The lowest BCUT2D eigenvalue weighted by Crippen LogP contribution is -2.44. The van der Waals surface area contributed by atoms with Gasteiger partial charge in [0, 0.05) is 32.0 Å². The molecule has 6 heteroatoms. The molecule has 100 valence electrons. The minimum Gasteiger partial charge on any atom is -0.394 e. The lowest BCUT2D eigenvalue weighted by Gasteiger charge is -2.23. The summed E-state index contributed by atoms with van der Waals surface area (Å²) in [6.07, 6.45) is 8.18. The lowest BCUT2D eigenvalue weighted by molar-refractivity contribution is 0.157. The number of nitrogens with zero attached hydrogens (tertiary/aromatic N) is 3. The van der Waals surface area contributed by atoms with E-state index >= 15 is 0 Å². The van der Waals surface area contributed by atoms with E-state index in [1.807, 2.05) is 10.8 Å². The van der Waals surface area contributed by atoms with Crippen LogP contribution in [-0.2, 0) is 6.54 Å². The first-order chi connectivity index (χ1) is 8.81. The van der Waals surface area contributed by atoms with Crippen molar-refractivity contribution in [2.75, 3.05) is 19.7 Å². The van der Waals surface area contributed by atoms with E-state index < -0.39 is 0 Å². The number of carbonyl (C=O) groups is 1. The summed E-state index contributed by atoms with van der Waals surface area (Å²) in [5.74, 6) is 0. The van der Waals surface area contributed by atoms with Crippen molar-refractivity contribution in [3.05, 3.63) is 18.7 Å². The van der Waals surface area contributed by atoms with E-state index in [1.165, 1.54) is 0 Å². The molecule has 1 aromatic rings. The van der Waals surface area contributed by atoms with Gasteiger partial charge in [0.25, 0.3) is 0 Å². The van der Waals surface area contributed by atoms with Crippen LogP contribution in [0.15, 0.2) is 18.7 Å². The van der Waals surface area contributed by atoms with Crippen LogP contribution in [0.2, 0.25) is 0 Å². The van der Waals surface area contributed by atoms with Crippen LogP contribution in [0.5, 0.6) is 0 Å². The second-order valence-electron chi connectivity index (χ2n) is 4.56. The highest BCUT2D eigenvalue weighted by Gasteiger charge is 2.27. The molecule has 0 bridgehead atoms. The number of likely N-dealkylation sites (tertiary alicyclic amines) is 1. The third kappa shape index (κ3) is 3.22. The molecule has 6 nitrogen and oxygen atoms in total. The quantitative estimate of drug-likeness (QED) is 0.747. The number of carbonyl (C=O) groups excluding carboxylic acids is 1. The van der Waals surface area contributed by atoms with Gasteiger partial charge in [-0.05, 0) is 19.3 Å². The van der Waals surface area contributed by atoms with Gasteiger partial charge in [-0.15, -0.1) is 0 Å². The Labute approximate surface area is 107 Å². The van der Waals surface area contributed by atoms with E-state index in [-0.39, 0.29) is 18.7 Å². The predicted octanol–water partition coefficient (Wildman–Crippen LogP) is 0.439. The Bertz CT molecular complexity index is 366. The number of aryl methyl sites for hydroxylation is 1. The summed E-state index contributed by atoms with van der Waals surface area (Å²) >= 11 is 0. The van der Waals surface area contributed by atoms with E-state index in [1.54, 1.807) is 17.4 Å². The molecule has 0 aliphatic carbocycles. The van der Waals surface area contributed by atoms with E-state index in [0.717, 1.165) is 32.4 Å². The molecule has 18 heavy (non-hydrogen) atoms. The van der Waals surface area contributed by atoms with Gasteiger partial charge in [-0.25, -0.2) is 9.78 Å². The van der Waals surface area contributed by atoms with Gasteiger partial charge in [-0.3, -0.25) is 0 Å². The SMILES string of the molecule is O=C(NCCCn1ccnc1)N1CCC[C@H]1CO. The summed E-state index contributed by atoms with van der Waals surface area (Å²) in [4.78, 5) is 17.6. The molecule has 1 aliphatic rings. The molecular weight excluding hydrogens is 232 g/mol. The van der Waals surface area contributed by atoms with Crippen LogP contribution < -0.4 is 5.32 Å². The molecular formula is C12H20N4O2. The smallest absolute Gasteiger partial charge is 0.317 e. The molecule has 2 N–H and O–H groups in total. The maximum Gasteiger partial charge on any atom is 0.317 e. The Kier molecular flexibility index (Phi) is 4.58. The number of hydrogen-bond donors (Lipinski definition) is 2. The van der Waals surface area contributed by atoms with Crippen LogP contribution in [0.4, 0.5) is 4.79 Å². The number of nitrogens with one attached hydrogen (secondary N) is 1. The topological polar surface area (TPSA) is 70.4 Å². The Morgan fingerprint density at radius 3 is 3.17 bits per heavy atom. The third-order valence-electron chi connectivity index (χ3n) is 3.28. The van der Waals surface area contributed by atoms with Crippen molar-refractivity contribution in [1.29, 1.82) is 0 Å². The Morgan fingerprint density at radius 1 is 1.56 bits per heavy atom. The minimum atomic E-state index is -0.0582. The number of rotatable bonds is 5. The van der Waals surface area contributed by atoms with E-state index in [9.17, 15) is 4.79 Å². The maximum atomic E-state index is 11.9. The maximum absolute atomic E-state index is 11.9. The number of aliphatic hydroxyl groups is 1. The summed E-state index contributed by atoms with van der Waals surface area (Å²) in [7, 11) is 0. The Balaban J connectivity index is 1.65. The van der Waals surface area contributed by atoms with E-state index in [0.29, 0.717) is 6.54 Å². The molecule has 2 rings (SSSR count). The number of urea groups is 1. The summed E-state index contributed by atoms with van der Waals surface area (Å²) < 4.78 is 1.98. The van der Waals surface area contributed by atoms with Gasteiger partial charge < -0.3 is 19.9 Å². The van der Waals surface area contributed by atoms with Crippen molar-refractivity contribution in [3.8, 4) is 0 Å². The third-order valence-corrected chi connectivity index (χ3v) is 3.28. The van der Waals surface area contributed by atoms with Gasteiger partial charge in [-0.2, -0.15) is 0 Å². The fourth-order valence-electron chi connectivity index (χ4n) is 2.27. The number of hydrogen-bond acceptors (Lipinski definition) is 3. The lowest BCUT2D eigenvalue weighted by atomic mass is 10.2. The summed E-state index contributed by atoms with van der Waals surface area (Å²) in [6, 6.07) is -0.0594. The largest absolute Gasteiger partial charge is 0.394 e. The Hall–Kier alpha value is -1.56. The monoisotopic (exact) mass is 252 g/mol. The van der Waals surface area contributed by atoms with Gasteiger partial charge >= 0.3 is 6.03 Å². The van der Waals surface area contributed by atoms with Crippen LogP contribution in [-0.4, -0.2) is 51.3 Å². The zero-order valence-corrected chi connectivity index (χ0v) is 10.5. The first-order valence-electron chi connectivity index (χ1n) is 6.42. The molecule has 0 aromatic carbocycles. The first kappa shape index (κ1) is 12.9. The standard InChI is InChI=1S/C12H20N4O2/c17-9-11-3-1-7-16(11)12(18)14-4-2-6-15-8-5-13-10-15/h5,8,10-11,17H,1-4,6-7,9H2,(H,14,18)/t11-/m0/s1. The van der Waals surface area contributed by atoms with E-state index in [4.69, 9.17) is 5.11 Å². The predicted molar refractivity (Wildman–Crippen MR) is 67.1 cm³/mol. The molecule has 2 heterocycles. The Morgan fingerprint density at radius 2 is 2.44 bits per heavy atom. The molecule has 1 atom stereocenters. The van der Waals surface area contributed by atoms with Crippen molar-refractivity contribution >= 4 is 6.03 Å². The normalized spacial score (nSPS) is 19.2. The number of amides is 2. The first-order valence-corrected chi connectivity index (χ1v) is 6.42. The molecule has 1 aliphatic heterocycles. The van der Waals surface area contributed by atoms with E-state index in [2.05, 4.69) is 10.3 Å². The van der Waals surface area contributed by atoms with Crippen molar-refractivity contribution < 1.29 is 9.90 Å². The zero-order valence-electron chi connectivity index (χ0n) is 10.5. The van der Waals surface area contributed by atoms with Crippen molar-refractivity contribution in [2.24, 2.45) is 0 Å². The van der Waals surface area contributed by atoms with Crippen molar-refractivity contribution in [1.82, 2.24) is 19.8 Å². The number of aliphatic hydroxyl groups excluding tert-OH is 1. The van der Waals surface area contributed by atoms with Gasteiger partial charge in [0.2, 0.25) is 0 Å². The molecule has 2 amide bonds. The zero-order chi connectivity index (χ0) is 12.8. The van der Waals surface area contributed by atoms with Gasteiger partial charge in [-0.1, -0.05) is 0 Å². The molecule has 0 spiro atoms. The fourth-order valence-corrected chi connectivity index (χ4v) is 2.27. The van der Waals surface area contributed by atoms with Gasteiger partial charge in [0.1, 0.15) is 0 Å². The van der Waals surface area contributed by atoms with Crippen LogP contribution in [0.3, 0.4) is 0 Å². The highest BCUT2D eigenvalue weighted by Crippen LogP contribution is 2.16. The van der Waals surface area contributed by atoms with Crippen LogP contribution >= 0.6 is 0 Å². The highest BCUT2D eigenvalue weighted by atomic mass is 16.3. The average Bonchev–Trinajstić information content (AvgIpc) is 3.04. The van der Waals surface area contributed by atoms with Crippen LogP contribution in [0.1, 0.15) is 19.3 Å². The summed E-state index contributed by atoms with van der Waals surface area (Å²) in [5, 5.41) is 12.0. The number of aromatic nitrogens is 2. The molecule has 1 aromatic heterocycles. The second-order valence-corrected chi connectivity index (χ2v) is 4.56. The molecule has 0 unspecified atom stereocenters. The van der Waals surface area contributed by atoms with Crippen molar-refractivity contribution in [3.63, 3.8) is 0 Å². The summed E-state index contributed by atoms with van der Waals surface area (Å²) in [6.45, 7) is 2.30. The molecule has 0 saturated carbocycles. The summed E-state index contributed by atoms with van der Waals surface area (Å²) in [5.41, 5.74) is 0. The van der Waals surface area contributed by atoms with Crippen LogP contribution in [0, 0.1) is 0 Å². The molecule has 0 radical (unpaired) electrons. The van der Waals surface area contributed by atoms with Gasteiger partial charge in [0.05, 0.1) is 19.0 Å². The second kappa shape index (κ2) is 6.39. The molecule has 1 saturated heterocycles. The molecule has 1 fully saturated rings.